The van der Waals surface area contributed by atoms with Crippen LogP contribution in [0.15, 0.2) is 48.5 Å². The summed E-state index contributed by atoms with van der Waals surface area (Å²) < 4.78 is 4.94. The molecule has 0 unspecified atom stereocenters. The largest absolute Gasteiger partial charge is 0.452 e. The number of nitro benzene ring substituents is 1. The second kappa shape index (κ2) is 8.61. The van der Waals surface area contributed by atoms with Crippen molar-refractivity contribution in [2.75, 3.05) is 19.0 Å². The first kappa shape index (κ1) is 18.9. The van der Waals surface area contributed by atoms with Gasteiger partial charge in [0, 0.05) is 13.1 Å². The van der Waals surface area contributed by atoms with Crippen LogP contribution in [0.2, 0.25) is 0 Å². The molecule has 0 bridgehead atoms. The average molecular weight is 357 g/mol. The van der Waals surface area contributed by atoms with Crippen molar-refractivity contribution >= 4 is 23.3 Å². The fourth-order valence-electron chi connectivity index (χ4n) is 2.34. The number of rotatable bonds is 7. The third kappa shape index (κ3) is 4.79. The number of nitrogens with zero attached hydrogens (tertiary/aromatic N) is 1. The van der Waals surface area contributed by atoms with Gasteiger partial charge in [0.1, 0.15) is 5.69 Å². The first-order valence-corrected chi connectivity index (χ1v) is 7.90. The molecule has 1 atom stereocenters. The Morgan fingerprint density at radius 2 is 1.88 bits per heavy atom. The molecule has 0 radical (unpaired) electrons. The Labute approximate surface area is 150 Å². The summed E-state index contributed by atoms with van der Waals surface area (Å²) in [4.78, 5) is 34.4. The number of amides is 1. The van der Waals surface area contributed by atoms with Gasteiger partial charge in [0.25, 0.3) is 11.6 Å². The van der Waals surface area contributed by atoms with Gasteiger partial charge in [-0.3, -0.25) is 14.9 Å². The minimum Gasteiger partial charge on any atom is -0.452 e. The number of ether oxygens (including phenoxy) is 1. The Hall–Kier alpha value is -3.42. The Balaban J connectivity index is 1.95. The monoisotopic (exact) mass is 357 g/mol. The average Bonchev–Trinajstić information content (AvgIpc) is 2.66. The number of carbonyl (C=O) groups is 2. The van der Waals surface area contributed by atoms with Crippen LogP contribution in [0.3, 0.4) is 0 Å². The minimum atomic E-state index is -0.807. The Bertz CT molecular complexity index is 808. The number of carbonyl (C=O) groups excluding carboxylic acids is 2. The van der Waals surface area contributed by atoms with Crippen LogP contribution >= 0.6 is 0 Å². The lowest BCUT2D eigenvalue weighted by Crippen LogP contribution is -2.31. The van der Waals surface area contributed by atoms with Crippen LogP contribution in [-0.2, 0) is 9.53 Å². The van der Waals surface area contributed by atoms with Crippen molar-refractivity contribution in [1.82, 2.24) is 5.32 Å². The van der Waals surface area contributed by atoms with Gasteiger partial charge in [0.2, 0.25) is 0 Å². The summed E-state index contributed by atoms with van der Waals surface area (Å²) in [7, 11) is 1.54. The fourth-order valence-corrected chi connectivity index (χ4v) is 2.34. The van der Waals surface area contributed by atoms with Crippen molar-refractivity contribution in [2.24, 2.45) is 0 Å². The van der Waals surface area contributed by atoms with E-state index in [1.165, 1.54) is 12.1 Å². The molecule has 2 aromatic carbocycles. The van der Waals surface area contributed by atoms with Crippen LogP contribution in [-0.4, -0.2) is 30.5 Å². The van der Waals surface area contributed by atoms with Crippen molar-refractivity contribution in [2.45, 2.75) is 13.0 Å². The van der Waals surface area contributed by atoms with Crippen LogP contribution in [0.25, 0.3) is 0 Å². The molecule has 0 saturated carbocycles. The predicted molar refractivity (Wildman–Crippen MR) is 95.9 cm³/mol. The second-order valence-electron chi connectivity index (χ2n) is 5.52. The lowest BCUT2D eigenvalue weighted by atomic mass is 10.1. The van der Waals surface area contributed by atoms with Gasteiger partial charge in [-0.1, -0.05) is 30.3 Å². The molecule has 2 N–H and O–H groups in total. The van der Waals surface area contributed by atoms with E-state index in [1.54, 1.807) is 7.05 Å². The van der Waals surface area contributed by atoms with Gasteiger partial charge < -0.3 is 15.4 Å². The van der Waals surface area contributed by atoms with E-state index in [2.05, 4.69) is 10.6 Å². The summed E-state index contributed by atoms with van der Waals surface area (Å²) in [6, 6.07) is 13.0. The predicted octanol–water partition coefficient (Wildman–Crippen LogP) is 2.67. The van der Waals surface area contributed by atoms with Crippen molar-refractivity contribution < 1.29 is 19.2 Å². The molecule has 1 amide bonds. The highest BCUT2D eigenvalue weighted by atomic mass is 16.6. The lowest BCUT2D eigenvalue weighted by Gasteiger charge is -2.14. The van der Waals surface area contributed by atoms with Crippen molar-refractivity contribution in [3.63, 3.8) is 0 Å². The van der Waals surface area contributed by atoms with E-state index in [0.29, 0.717) is 0 Å². The second-order valence-corrected chi connectivity index (χ2v) is 5.52. The van der Waals surface area contributed by atoms with Gasteiger partial charge in [-0.25, -0.2) is 4.79 Å². The van der Waals surface area contributed by atoms with Crippen molar-refractivity contribution in [3.8, 4) is 0 Å². The number of anilines is 1. The zero-order chi connectivity index (χ0) is 19.1. The molecule has 0 aliphatic heterocycles. The fraction of sp³-hybridized carbons (Fsp3) is 0.222. The summed E-state index contributed by atoms with van der Waals surface area (Å²) in [5, 5.41) is 16.4. The van der Waals surface area contributed by atoms with E-state index in [-0.39, 0.29) is 23.0 Å². The highest BCUT2D eigenvalue weighted by molar-refractivity contribution is 5.93. The third-order valence-electron chi connectivity index (χ3n) is 3.71. The molecule has 26 heavy (non-hydrogen) atoms. The van der Waals surface area contributed by atoms with Gasteiger partial charge in [-0.2, -0.15) is 0 Å². The molecule has 2 rings (SSSR count). The van der Waals surface area contributed by atoms with Crippen LogP contribution in [0.5, 0.6) is 0 Å². The molecule has 0 aliphatic rings. The molecular formula is C18H19N3O5. The number of nitrogens with one attached hydrogen (secondary N) is 2. The molecule has 0 saturated heterocycles. The minimum absolute atomic E-state index is 0.000363. The Morgan fingerprint density at radius 3 is 2.50 bits per heavy atom. The smallest absolute Gasteiger partial charge is 0.338 e. The van der Waals surface area contributed by atoms with Crippen LogP contribution < -0.4 is 10.6 Å². The van der Waals surface area contributed by atoms with Crippen LogP contribution in [0.1, 0.15) is 28.9 Å². The number of hydrogen-bond donors (Lipinski definition) is 2. The summed E-state index contributed by atoms with van der Waals surface area (Å²) >= 11 is 0. The summed E-state index contributed by atoms with van der Waals surface area (Å²) in [5.74, 6) is -1.27. The van der Waals surface area contributed by atoms with E-state index in [9.17, 15) is 19.7 Å². The highest BCUT2D eigenvalue weighted by Crippen LogP contribution is 2.25. The standard InChI is InChI=1S/C18H19N3O5/c1-12(13-6-4-3-5-7-13)20-17(22)11-26-18(23)14-8-9-15(19-2)16(10-14)21(24)25/h3-10,12,19H,11H2,1-2H3,(H,20,22)/t12-/m0/s1. The molecule has 2 aromatic rings. The molecule has 136 valence electrons. The van der Waals surface area contributed by atoms with Crippen molar-refractivity contribution in [1.29, 1.82) is 0 Å². The maximum Gasteiger partial charge on any atom is 0.338 e. The molecule has 8 heteroatoms. The highest BCUT2D eigenvalue weighted by Gasteiger charge is 2.18. The third-order valence-corrected chi connectivity index (χ3v) is 3.71. The number of esters is 1. The van der Waals surface area contributed by atoms with Gasteiger partial charge in [0.15, 0.2) is 6.61 Å². The first-order chi connectivity index (χ1) is 12.4. The van der Waals surface area contributed by atoms with E-state index in [1.807, 2.05) is 37.3 Å². The molecular weight excluding hydrogens is 338 g/mol. The van der Waals surface area contributed by atoms with E-state index < -0.39 is 23.4 Å². The van der Waals surface area contributed by atoms with Gasteiger partial charge >= 0.3 is 5.97 Å². The molecule has 0 spiro atoms. The summed E-state index contributed by atoms with van der Waals surface area (Å²) in [6.45, 7) is 1.34. The van der Waals surface area contributed by atoms with E-state index in [0.717, 1.165) is 11.6 Å². The van der Waals surface area contributed by atoms with Crippen molar-refractivity contribution in [3.05, 3.63) is 69.8 Å². The molecule has 0 heterocycles. The summed E-state index contributed by atoms with van der Waals surface area (Å²) in [5.41, 5.74) is 0.954. The topological polar surface area (TPSA) is 111 Å². The van der Waals surface area contributed by atoms with Gasteiger partial charge in [-0.05, 0) is 24.6 Å². The van der Waals surface area contributed by atoms with Crippen LogP contribution in [0.4, 0.5) is 11.4 Å². The van der Waals surface area contributed by atoms with Gasteiger partial charge in [0.05, 0.1) is 16.5 Å². The van der Waals surface area contributed by atoms with E-state index >= 15 is 0 Å². The van der Waals surface area contributed by atoms with Gasteiger partial charge in [-0.15, -0.1) is 0 Å². The number of nitro groups is 1. The first-order valence-electron chi connectivity index (χ1n) is 7.90. The summed E-state index contributed by atoms with van der Waals surface area (Å²) in [6.07, 6.45) is 0. The SMILES string of the molecule is CNc1ccc(C(=O)OCC(=O)N[C@@H](C)c2ccccc2)cc1[N+](=O)[O-]. The Morgan fingerprint density at radius 1 is 1.19 bits per heavy atom. The quantitative estimate of drug-likeness (QED) is 0.448. The lowest BCUT2D eigenvalue weighted by molar-refractivity contribution is -0.384. The zero-order valence-electron chi connectivity index (χ0n) is 14.4. The Kier molecular flexibility index (Phi) is 6.26. The van der Waals surface area contributed by atoms with Crippen LogP contribution in [0, 0.1) is 10.1 Å². The maximum atomic E-state index is 12.0. The molecule has 0 aromatic heterocycles. The number of benzene rings is 2. The normalized spacial score (nSPS) is 11.3. The molecule has 8 nitrogen and oxygen atoms in total. The molecule has 0 fully saturated rings. The van der Waals surface area contributed by atoms with E-state index in [4.69, 9.17) is 4.74 Å². The maximum absolute atomic E-state index is 12.0. The molecule has 0 aliphatic carbocycles. The zero-order valence-corrected chi connectivity index (χ0v) is 14.4. The number of hydrogen-bond acceptors (Lipinski definition) is 6.